The molecule has 0 bridgehead atoms. The Bertz CT molecular complexity index is 382. The van der Waals surface area contributed by atoms with E-state index in [2.05, 4.69) is 22.4 Å². The lowest BCUT2D eigenvalue weighted by Gasteiger charge is -1.96. The highest BCUT2D eigenvalue weighted by Gasteiger charge is 2.01. The number of rotatable bonds is 4. The van der Waals surface area contributed by atoms with Crippen molar-refractivity contribution in [2.24, 2.45) is 0 Å². The average molecular weight is 209 g/mol. The maximum atomic E-state index is 4.96. The molecule has 0 aliphatic heterocycles. The van der Waals surface area contributed by atoms with Crippen molar-refractivity contribution in [1.29, 1.82) is 0 Å². The SMILES string of the molecule is CCc1nnc(NCc2ccoc2)s1. The van der Waals surface area contributed by atoms with E-state index < -0.39 is 0 Å². The Balaban J connectivity index is 1.92. The summed E-state index contributed by atoms with van der Waals surface area (Å²) in [6.07, 6.45) is 4.31. The first-order chi connectivity index (χ1) is 6.88. The fourth-order valence-corrected chi connectivity index (χ4v) is 1.71. The maximum Gasteiger partial charge on any atom is 0.205 e. The highest BCUT2D eigenvalue weighted by atomic mass is 32.1. The van der Waals surface area contributed by atoms with Gasteiger partial charge in [-0.3, -0.25) is 0 Å². The van der Waals surface area contributed by atoms with Crippen LogP contribution in [-0.2, 0) is 13.0 Å². The van der Waals surface area contributed by atoms with Crippen LogP contribution in [-0.4, -0.2) is 10.2 Å². The minimum Gasteiger partial charge on any atom is -0.472 e. The molecule has 2 aromatic rings. The number of nitrogens with one attached hydrogen (secondary N) is 1. The van der Waals surface area contributed by atoms with Gasteiger partial charge in [0.25, 0.3) is 0 Å². The van der Waals surface area contributed by atoms with Crippen molar-refractivity contribution in [1.82, 2.24) is 10.2 Å². The van der Waals surface area contributed by atoms with E-state index in [1.165, 1.54) is 0 Å². The number of furan rings is 1. The summed E-state index contributed by atoms with van der Waals surface area (Å²) in [5, 5.41) is 13.1. The van der Waals surface area contributed by atoms with Gasteiger partial charge < -0.3 is 9.73 Å². The predicted octanol–water partition coefficient (Wildman–Crippen LogP) is 2.31. The van der Waals surface area contributed by atoms with Gasteiger partial charge in [-0.15, -0.1) is 10.2 Å². The van der Waals surface area contributed by atoms with Crippen LogP contribution in [0.2, 0.25) is 0 Å². The van der Waals surface area contributed by atoms with Crippen molar-refractivity contribution in [3.8, 4) is 0 Å². The zero-order valence-electron chi connectivity index (χ0n) is 7.86. The van der Waals surface area contributed by atoms with Gasteiger partial charge in [0.1, 0.15) is 5.01 Å². The van der Waals surface area contributed by atoms with Crippen molar-refractivity contribution in [2.45, 2.75) is 19.9 Å². The van der Waals surface area contributed by atoms with Gasteiger partial charge in [-0.05, 0) is 12.5 Å². The summed E-state index contributed by atoms with van der Waals surface area (Å²) >= 11 is 1.59. The first-order valence-corrected chi connectivity index (χ1v) is 5.27. The van der Waals surface area contributed by atoms with Crippen LogP contribution in [0, 0.1) is 0 Å². The van der Waals surface area contributed by atoms with Crippen molar-refractivity contribution in [3.05, 3.63) is 29.2 Å². The van der Waals surface area contributed by atoms with Crippen LogP contribution in [0.4, 0.5) is 5.13 Å². The maximum absolute atomic E-state index is 4.96. The molecule has 2 rings (SSSR count). The number of aryl methyl sites for hydroxylation is 1. The number of nitrogens with zero attached hydrogens (tertiary/aromatic N) is 2. The molecule has 0 spiro atoms. The number of aromatic nitrogens is 2. The molecule has 2 heterocycles. The van der Waals surface area contributed by atoms with E-state index in [0.717, 1.165) is 28.7 Å². The molecule has 0 atom stereocenters. The molecule has 0 aliphatic carbocycles. The second-order valence-electron chi connectivity index (χ2n) is 2.84. The standard InChI is InChI=1S/C9H11N3OS/c1-2-8-11-12-9(14-8)10-5-7-3-4-13-6-7/h3-4,6H,2,5H2,1H3,(H,10,12). The average Bonchev–Trinajstić information content (AvgIpc) is 2.86. The van der Waals surface area contributed by atoms with Gasteiger partial charge in [0.15, 0.2) is 0 Å². The molecule has 0 radical (unpaired) electrons. The van der Waals surface area contributed by atoms with E-state index in [-0.39, 0.29) is 0 Å². The molecule has 2 aromatic heterocycles. The molecule has 5 heteroatoms. The van der Waals surface area contributed by atoms with Crippen LogP contribution < -0.4 is 5.32 Å². The molecule has 74 valence electrons. The van der Waals surface area contributed by atoms with Gasteiger partial charge in [-0.25, -0.2) is 0 Å². The number of hydrogen-bond donors (Lipinski definition) is 1. The molecule has 14 heavy (non-hydrogen) atoms. The molecule has 0 fully saturated rings. The summed E-state index contributed by atoms with van der Waals surface area (Å²) in [5.74, 6) is 0. The van der Waals surface area contributed by atoms with Gasteiger partial charge in [-0.1, -0.05) is 18.3 Å². The topological polar surface area (TPSA) is 51.0 Å². The predicted molar refractivity (Wildman–Crippen MR) is 55.3 cm³/mol. The first kappa shape index (κ1) is 9.21. The lowest BCUT2D eigenvalue weighted by atomic mass is 10.3. The monoisotopic (exact) mass is 209 g/mol. The second kappa shape index (κ2) is 4.23. The van der Waals surface area contributed by atoms with E-state index in [0.29, 0.717) is 0 Å². The van der Waals surface area contributed by atoms with Crippen LogP contribution in [0.3, 0.4) is 0 Å². The van der Waals surface area contributed by atoms with E-state index in [1.807, 2.05) is 6.07 Å². The van der Waals surface area contributed by atoms with E-state index >= 15 is 0 Å². The second-order valence-corrected chi connectivity index (χ2v) is 3.90. The summed E-state index contributed by atoms with van der Waals surface area (Å²) < 4.78 is 4.96. The Hall–Kier alpha value is -1.36. The molecule has 0 aliphatic rings. The summed E-state index contributed by atoms with van der Waals surface area (Å²) in [4.78, 5) is 0. The van der Waals surface area contributed by atoms with Gasteiger partial charge in [0.05, 0.1) is 12.5 Å². The molecule has 1 N–H and O–H groups in total. The van der Waals surface area contributed by atoms with E-state index in [4.69, 9.17) is 4.42 Å². The Labute approximate surface area is 86.0 Å². The largest absolute Gasteiger partial charge is 0.472 e. The molecular weight excluding hydrogens is 198 g/mol. The van der Waals surface area contributed by atoms with Gasteiger partial charge in [0.2, 0.25) is 5.13 Å². The molecule has 0 saturated carbocycles. The minimum atomic E-state index is 0.731. The Morgan fingerprint density at radius 2 is 2.43 bits per heavy atom. The molecule has 4 nitrogen and oxygen atoms in total. The number of hydrogen-bond acceptors (Lipinski definition) is 5. The van der Waals surface area contributed by atoms with Crippen LogP contribution in [0.15, 0.2) is 23.0 Å². The Kier molecular flexibility index (Phi) is 2.78. The fourth-order valence-electron chi connectivity index (χ4n) is 1.04. The van der Waals surface area contributed by atoms with Crippen molar-refractivity contribution in [3.63, 3.8) is 0 Å². The van der Waals surface area contributed by atoms with Crippen molar-refractivity contribution >= 4 is 16.5 Å². The summed E-state index contributed by atoms with van der Waals surface area (Å²) in [6, 6.07) is 1.93. The van der Waals surface area contributed by atoms with Crippen LogP contribution >= 0.6 is 11.3 Å². The third-order valence-corrected chi connectivity index (χ3v) is 2.82. The van der Waals surface area contributed by atoms with Crippen molar-refractivity contribution < 1.29 is 4.42 Å². The quantitative estimate of drug-likeness (QED) is 0.839. The van der Waals surface area contributed by atoms with Gasteiger partial charge in [-0.2, -0.15) is 0 Å². The Morgan fingerprint density at radius 1 is 1.50 bits per heavy atom. The molecule has 0 unspecified atom stereocenters. The zero-order valence-corrected chi connectivity index (χ0v) is 8.67. The van der Waals surface area contributed by atoms with Crippen LogP contribution in [0.25, 0.3) is 0 Å². The van der Waals surface area contributed by atoms with E-state index in [1.54, 1.807) is 23.9 Å². The summed E-state index contributed by atoms with van der Waals surface area (Å²) in [6.45, 7) is 2.80. The lowest BCUT2D eigenvalue weighted by Crippen LogP contribution is -1.96. The minimum absolute atomic E-state index is 0.731. The van der Waals surface area contributed by atoms with Crippen molar-refractivity contribution in [2.75, 3.05) is 5.32 Å². The highest BCUT2D eigenvalue weighted by molar-refractivity contribution is 7.15. The van der Waals surface area contributed by atoms with Gasteiger partial charge in [0, 0.05) is 12.1 Å². The Morgan fingerprint density at radius 3 is 3.07 bits per heavy atom. The zero-order chi connectivity index (χ0) is 9.80. The molecule has 0 amide bonds. The van der Waals surface area contributed by atoms with E-state index in [9.17, 15) is 0 Å². The first-order valence-electron chi connectivity index (χ1n) is 4.46. The lowest BCUT2D eigenvalue weighted by molar-refractivity contribution is 0.564. The highest BCUT2D eigenvalue weighted by Crippen LogP contribution is 2.16. The summed E-state index contributed by atoms with van der Waals surface area (Å²) in [7, 11) is 0. The fraction of sp³-hybridized carbons (Fsp3) is 0.333. The molecule has 0 saturated heterocycles. The molecule has 0 aromatic carbocycles. The third kappa shape index (κ3) is 2.11. The van der Waals surface area contributed by atoms with Gasteiger partial charge >= 0.3 is 0 Å². The van der Waals surface area contributed by atoms with Crippen LogP contribution in [0.5, 0.6) is 0 Å². The smallest absolute Gasteiger partial charge is 0.205 e. The normalized spacial score (nSPS) is 10.4. The third-order valence-electron chi connectivity index (χ3n) is 1.79. The number of anilines is 1. The van der Waals surface area contributed by atoms with Crippen LogP contribution in [0.1, 0.15) is 17.5 Å². The summed E-state index contributed by atoms with van der Waals surface area (Å²) in [5.41, 5.74) is 1.11. The molecular formula is C9H11N3OS.